The Morgan fingerprint density at radius 3 is 2.31 bits per heavy atom. The third-order valence-electron chi connectivity index (χ3n) is 1.24. The Kier molecular flexibility index (Phi) is 5.95. The SMILES string of the molecule is CC.COC(=O)c1sc(Br)nc1C(F)(F)F. The zero-order chi connectivity index (χ0) is 12.9. The van der Waals surface area contributed by atoms with Crippen LogP contribution in [0.4, 0.5) is 13.2 Å². The van der Waals surface area contributed by atoms with E-state index < -0.39 is 22.7 Å². The minimum absolute atomic E-state index is 0.00905. The Labute approximate surface area is 103 Å². The average Bonchev–Trinajstić information content (AvgIpc) is 2.62. The molecule has 0 bridgehead atoms. The van der Waals surface area contributed by atoms with Gasteiger partial charge in [0.1, 0.15) is 4.88 Å². The molecule has 1 heterocycles. The fourth-order valence-electron chi connectivity index (χ4n) is 0.717. The van der Waals surface area contributed by atoms with Crippen molar-refractivity contribution in [2.45, 2.75) is 20.0 Å². The lowest BCUT2D eigenvalue weighted by atomic mass is 10.3. The van der Waals surface area contributed by atoms with Crippen LogP contribution in [0.5, 0.6) is 0 Å². The average molecular weight is 320 g/mol. The summed E-state index contributed by atoms with van der Waals surface area (Å²) < 4.78 is 41.0. The van der Waals surface area contributed by atoms with Crippen molar-refractivity contribution in [3.05, 3.63) is 14.5 Å². The molecule has 0 radical (unpaired) electrons. The van der Waals surface area contributed by atoms with Crippen molar-refractivity contribution < 1.29 is 22.7 Å². The Hall–Kier alpha value is -0.630. The van der Waals surface area contributed by atoms with E-state index in [0.29, 0.717) is 11.3 Å². The molecule has 0 aliphatic carbocycles. The number of hydrogen-bond acceptors (Lipinski definition) is 4. The molecule has 0 fully saturated rings. The lowest BCUT2D eigenvalue weighted by Crippen LogP contribution is -2.12. The van der Waals surface area contributed by atoms with Gasteiger partial charge in [-0.05, 0) is 15.9 Å². The molecule has 92 valence electrons. The summed E-state index contributed by atoms with van der Waals surface area (Å²) in [6.45, 7) is 4.00. The number of nitrogens with zero attached hydrogens (tertiary/aromatic N) is 1. The fourth-order valence-corrected chi connectivity index (χ4v) is 2.11. The van der Waals surface area contributed by atoms with Crippen LogP contribution in [0.2, 0.25) is 0 Å². The number of carbonyl (C=O) groups is 1. The molecule has 8 heteroatoms. The molecule has 0 atom stereocenters. The first-order chi connectivity index (χ1) is 7.36. The third-order valence-corrected chi connectivity index (χ3v) is 2.73. The molecule has 1 rings (SSSR count). The molecule has 1 aromatic rings. The third kappa shape index (κ3) is 3.75. The van der Waals surface area contributed by atoms with Crippen molar-refractivity contribution >= 4 is 33.2 Å². The Morgan fingerprint density at radius 2 is 1.94 bits per heavy atom. The normalized spacial score (nSPS) is 10.4. The van der Waals surface area contributed by atoms with Crippen LogP contribution in [-0.2, 0) is 10.9 Å². The summed E-state index contributed by atoms with van der Waals surface area (Å²) in [6.07, 6.45) is -4.65. The van der Waals surface area contributed by atoms with E-state index in [2.05, 4.69) is 25.7 Å². The number of methoxy groups -OCH3 is 1. The predicted octanol–water partition coefficient (Wildman–Crippen LogP) is 3.74. The van der Waals surface area contributed by atoms with E-state index in [1.54, 1.807) is 0 Å². The maximum atomic E-state index is 12.3. The second-order valence-electron chi connectivity index (χ2n) is 2.13. The highest BCUT2D eigenvalue weighted by atomic mass is 79.9. The van der Waals surface area contributed by atoms with Gasteiger partial charge in [0.25, 0.3) is 0 Å². The topological polar surface area (TPSA) is 39.2 Å². The molecule has 0 N–H and O–H groups in total. The monoisotopic (exact) mass is 319 g/mol. The first kappa shape index (κ1) is 15.4. The molecule has 1 aromatic heterocycles. The summed E-state index contributed by atoms with van der Waals surface area (Å²) in [6, 6.07) is 0. The predicted molar refractivity (Wildman–Crippen MR) is 57.5 cm³/mol. The van der Waals surface area contributed by atoms with Gasteiger partial charge in [-0.15, -0.1) is 0 Å². The van der Waals surface area contributed by atoms with Gasteiger partial charge in [-0.2, -0.15) is 13.2 Å². The molecule has 0 aliphatic rings. The number of rotatable bonds is 1. The van der Waals surface area contributed by atoms with Gasteiger partial charge < -0.3 is 4.74 Å². The van der Waals surface area contributed by atoms with Crippen LogP contribution in [-0.4, -0.2) is 18.1 Å². The molecular weight excluding hydrogens is 311 g/mol. The highest BCUT2D eigenvalue weighted by Crippen LogP contribution is 2.36. The quantitative estimate of drug-likeness (QED) is 0.740. The van der Waals surface area contributed by atoms with Gasteiger partial charge in [-0.1, -0.05) is 25.2 Å². The second kappa shape index (κ2) is 6.19. The molecule has 0 spiro atoms. The van der Waals surface area contributed by atoms with E-state index in [1.165, 1.54) is 0 Å². The minimum Gasteiger partial charge on any atom is -0.465 e. The lowest BCUT2D eigenvalue weighted by Gasteiger charge is -2.03. The Morgan fingerprint density at radius 1 is 1.44 bits per heavy atom. The second-order valence-corrected chi connectivity index (χ2v) is 4.41. The summed E-state index contributed by atoms with van der Waals surface area (Å²) >= 11 is 3.36. The number of ether oxygens (including phenoxy) is 1. The van der Waals surface area contributed by atoms with Crippen LogP contribution in [0.15, 0.2) is 3.92 Å². The van der Waals surface area contributed by atoms with Crippen LogP contribution in [0.1, 0.15) is 29.2 Å². The van der Waals surface area contributed by atoms with Crippen LogP contribution in [0, 0.1) is 0 Å². The molecule has 0 saturated heterocycles. The summed E-state index contributed by atoms with van der Waals surface area (Å²) in [5.41, 5.74) is -1.22. The van der Waals surface area contributed by atoms with E-state index in [1.807, 2.05) is 13.8 Å². The van der Waals surface area contributed by atoms with E-state index >= 15 is 0 Å². The fraction of sp³-hybridized carbons (Fsp3) is 0.500. The van der Waals surface area contributed by atoms with Gasteiger partial charge in [-0.3, -0.25) is 0 Å². The molecule has 3 nitrogen and oxygen atoms in total. The highest BCUT2D eigenvalue weighted by molar-refractivity contribution is 9.11. The van der Waals surface area contributed by atoms with Crippen molar-refractivity contribution in [3.63, 3.8) is 0 Å². The standard InChI is InChI=1S/C6H3BrF3NO2S.C2H6/c1-13-4(12)2-3(6(8,9)10)11-5(7)14-2;1-2/h1H3;1-2H3. The zero-order valence-electron chi connectivity index (χ0n) is 8.68. The molecule has 0 aromatic carbocycles. The van der Waals surface area contributed by atoms with Crippen molar-refractivity contribution in [3.8, 4) is 0 Å². The summed E-state index contributed by atoms with van der Waals surface area (Å²) in [5, 5.41) is 0. The zero-order valence-corrected chi connectivity index (χ0v) is 11.1. The molecule has 0 amide bonds. The number of aromatic nitrogens is 1. The van der Waals surface area contributed by atoms with Crippen molar-refractivity contribution in [1.82, 2.24) is 4.98 Å². The van der Waals surface area contributed by atoms with Crippen LogP contribution in [0.3, 0.4) is 0 Å². The van der Waals surface area contributed by atoms with Gasteiger partial charge in [-0.25, -0.2) is 9.78 Å². The number of alkyl halides is 3. The molecule has 0 saturated carbocycles. The van der Waals surface area contributed by atoms with E-state index in [4.69, 9.17) is 0 Å². The Balaban J connectivity index is 0.00000106. The highest BCUT2D eigenvalue weighted by Gasteiger charge is 2.39. The van der Waals surface area contributed by atoms with Crippen LogP contribution < -0.4 is 0 Å². The van der Waals surface area contributed by atoms with Gasteiger partial charge >= 0.3 is 12.1 Å². The van der Waals surface area contributed by atoms with Crippen LogP contribution in [0.25, 0.3) is 0 Å². The number of halogens is 4. The van der Waals surface area contributed by atoms with Crippen molar-refractivity contribution in [1.29, 1.82) is 0 Å². The maximum Gasteiger partial charge on any atom is 0.435 e. The van der Waals surface area contributed by atoms with Crippen molar-refractivity contribution in [2.75, 3.05) is 7.11 Å². The summed E-state index contributed by atoms with van der Waals surface area (Å²) in [7, 11) is 1.01. The number of carbonyl (C=O) groups excluding carboxylic acids is 1. The largest absolute Gasteiger partial charge is 0.465 e. The number of esters is 1. The number of hydrogen-bond donors (Lipinski definition) is 0. The van der Waals surface area contributed by atoms with E-state index in [9.17, 15) is 18.0 Å². The minimum atomic E-state index is -4.65. The van der Waals surface area contributed by atoms with E-state index in [0.717, 1.165) is 7.11 Å². The lowest BCUT2D eigenvalue weighted by molar-refractivity contribution is -0.141. The van der Waals surface area contributed by atoms with E-state index in [-0.39, 0.29) is 3.92 Å². The summed E-state index contributed by atoms with van der Waals surface area (Å²) in [5.74, 6) is -1.04. The molecule has 0 unspecified atom stereocenters. The first-order valence-electron chi connectivity index (χ1n) is 4.18. The molecule has 16 heavy (non-hydrogen) atoms. The van der Waals surface area contributed by atoms with Gasteiger partial charge in [0.15, 0.2) is 9.61 Å². The Bertz CT molecular complexity index is 365. The smallest absolute Gasteiger partial charge is 0.435 e. The summed E-state index contributed by atoms with van der Waals surface area (Å²) in [4.78, 5) is 13.5. The molecular formula is C8H9BrF3NO2S. The van der Waals surface area contributed by atoms with Gasteiger partial charge in [0, 0.05) is 0 Å². The first-order valence-corrected chi connectivity index (χ1v) is 5.79. The maximum absolute atomic E-state index is 12.3. The van der Waals surface area contributed by atoms with Crippen LogP contribution >= 0.6 is 27.3 Å². The van der Waals surface area contributed by atoms with Gasteiger partial charge in [0.05, 0.1) is 7.11 Å². The van der Waals surface area contributed by atoms with Gasteiger partial charge in [0.2, 0.25) is 0 Å². The number of thiazole rings is 1. The molecule has 0 aliphatic heterocycles. The van der Waals surface area contributed by atoms with Crippen molar-refractivity contribution in [2.24, 2.45) is 0 Å².